The van der Waals surface area contributed by atoms with Crippen LogP contribution in [0.3, 0.4) is 0 Å². The molecule has 0 fully saturated rings. The molecule has 6 nitrogen and oxygen atoms in total. The number of alkyl halides is 3. The number of carbonyl (C=O) groups excluding carboxylic acids is 1. The molecule has 27 heavy (non-hydrogen) atoms. The molecular weight excluding hydrogens is 523 g/mol. The lowest BCUT2D eigenvalue weighted by Gasteiger charge is -2.28. The summed E-state index contributed by atoms with van der Waals surface area (Å²) < 4.78 is 75.3. The smallest absolute Gasteiger partial charge is 0.389 e. The van der Waals surface area contributed by atoms with E-state index in [0.717, 1.165) is 7.11 Å². The van der Waals surface area contributed by atoms with E-state index in [2.05, 4.69) is 41.3 Å². The summed E-state index contributed by atoms with van der Waals surface area (Å²) in [5, 5.41) is 0. The third kappa shape index (κ3) is 6.61. The topological polar surface area (TPSA) is 81.7 Å². The molecule has 0 radical (unpaired) electrons. The van der Waals surface area contributed by atoms with Gasteiger partial charge in [0.15, 0.2) is 0 Å². The van der Waals surface area contributed by atoms with Gasteiger partial charge in [-0.05, 0) is 57.7 Å². The van der Waals surface area contributed by atoms with Gasteiger partial charge in [-0.3, -0.25) is 4.79 Å². The zero-order valence-electron chi connectivity index (χ0n) is 14.6. The Hall–Kier alpha value is -0.850. The summed E-state index contributed by atoms with van der Waals surface area (Å²) in [4.78, 5) is 11.8. The lowest BCUT2D eigenvalue weighted by Crippen LogP contribution is -2.52. The molecule has 1 rings (SSSR count). The van der Waals surface area contributed by atoms with Gasteiger partial charge in [0.25, 0.3) is 0 Å². The molecule has 0 heterocycles. The fourth-order valence-electron chi connectivity index (χ4n) is 2.29. The summed E-state index contributed by atoms with van der Waals surface area (Å²) in [5.74, 6) is -0.774. The van der Waals surface area contributed by atoms with Crippen LogP contribution in [0, 0.1) is 0 Å². The highest BCUT2D eigenvalue weighted by Crippen LogP contribution is 2.35. The van der Waals surface area contributed by atoms with Crippen molar-refractivity contribution >= 4 is 47.9 Å². The van der Waals surface area contributed by atoms with Crippen LogP contribution in [-0.2, 0) is 19.6 Å². The average Bonchev–Trinajstić information content (AvgIpc) is 2.52. The van der Waals surface area contributed by atoms with Crippen LogP contribution in [0.15, 0.2) is 26.0 Å². The largest absolute Gasteiger partial charge is 0.496 e. The van der Waals surface area contributed by atoms with E-state index in [0.29, 0.717) is 4.47 Å². The van der Waals surface area contributed by atoms with Gasteiger partial charge in [0, 0.05) is 17.0 Å². The Bertz CT molecular complexity index is 801. The lowest BCUT2D eigenvalue weighted by molar-refractivity contribution is -0.149. The molecule has 0 saturated carbocycles. The molecule has 12 heteroatoms. The summed E-state index contributed by atoms with van der Waals surface area (Å²) in [6.07, 6.45) is -6.43. The summed E-state index contributed by atoms with van der Waals surface area (Å²) in [7, 11) is -1.93. The molecule has 0 aliphatic carbocycles. The normalized spacial score (nSPS) is 14.5. The molecule has 0 spiro atoms. The van der Waals surface area contributed by atoms with Gasteiger partial charge < -0.3 is 9.47 Å². The van der Waals surface area contributed by atoms with E-state index in [4.69, 9.17) is 4.74 Å². The number of sulfonamides is 1. The number of nitrogens with one attached hydrogen (secondary N) is 1. The predicted molar refractivity (Wildman–Crippen MR) is 99.0 cm³/mol. The molecule has 154 valence electrons. The maximum atomic E-state index is 12.8. The Labute approximate surface area is 172 Å². The standard InChI is InChI=1S/C15H18Br2F3NO5S/c1-14(13(22)26-3,5-4-6-15(18,19)20)21-27(23,24)12-8-11(25-2)9(16)7-10(12)17/h7-8,21H,4-6H2,1-3H3/t14-/m0/s1. The summed E-state index contributed by atoms with van der Waals surface area (Å²) in [6, 6.07) is 2.65. The minimum atomic E-state index is -4.42. The van der Waals surface area contributed by atoms with Gasteiger partial charge in [-0.1, -0.05) is 0 Å². The van der Waals surface area contributed by atoms with Crippen molar-refractivity contribution in [1.82, 2.24) is 4.72 Å². The van der Waals surface area contributed by atoms with Crippen LogP contribution in [0.4, 0.5) is 13.2 Å². The summed E-state index contributed by atoms with van der Waals surface area (Å²) >= 11 is 6.32. The van der Waals surface area contributed by atoms with Gasteiger partial charge >= 0.3 is 12.1 Å². The molecule has 0 aliphatic rings. The second kappa shape index (κ2) is 9.10. The molecule has 0 saturated heterocycles. The van der Waals surface area contributed by atoms with Gasteiger partial charge in [0.1, 0.15) is 11.3 Å². The van der Waals surface area contributed by atoms with Crippen molar-refractivity contribution in [3.8, 4) is 5.75 Å². The van der Waals surface area contributed by atoms with Gasteiger partial charge in [-0.2, -0.15) is 17.9 Å². The number of methoxy groups -OCH3 is 2. The first-order valence-corrected chi connectivity index (χ1v) is 10.5. The monoisotopic (exact) mass is 539 g/mol. The van der Waals surface area contributed by atoms with E-state index in [1.165, 1.54) is 26.2 Å². The lowest BCUT2D eigenvalue weighted by atomic mass is 9.96. The van der Waals surface area contributed by atoms with E-state index in [9.17, 15) is 26.4 Å². The maximum absolute atomic E-state index is 12.8. The molecule has 0 bridgehead atoms. The Morgan fingerprint density at radius 1 is 1.15 bits per heavy atom. The minimum absolute atomic E-state index is 0.171. The molecule has 1 aromatic rings. The van der Waals surface area contributed by atoms with Gasteiger partial charge in [-0.25, -0.2) is 8.42 Å². The molecule has 0 aliphatic heterocycles. The first-order chi connectivity index (χ1) is 12.3. The molecular formula is C15H18Br2F3NO5S. The van der Waals surface area contributed by atoms with Gasteiger partial charge in [0.05, 0.1) is 23.6 Å². The predicted octanol–water partition coefficient (Wildman–Crippen LogP) is 4.16. The average molecular weight is 541 g/mol. The quantitative estimate of drug-likeness (QED) is 0.501. The van der Waals surface area contributed by atoms with E-state index >= 15 is 0 Å². The van der Waals surface area contributed by atoms with Crippen molar-refractivity contribution in [2.45, 2.75) is 42.8 Å². The number of benzene rings is 1. The van der Waals surface area contributed by atoms with Crippen LogP contribution in [-0.4, -0.2) is 40.3 Å². The highest BCUT2D eigenvalue weighted by molar-refractivity contribution is 9.11. The fraction of sp³-hybridized carbons (Fsp3) is 0.533. The number of rotatable bonds is 8. The van der Waals surface area contributed by atoms with Crippen molar-refractivity contribution in [1.29, 1.82) is 0 Å². The van der Waals surface area contributed by atoms with E-state index < -0.39 is 47.0 Å². The first kappa shape index (κ1) is 24.2. The summed E-state index contributed by atoms with van der Waals surface area (Å²) in [5.41, 5.74) is -1.88. The van der Waals surface area contributed by atoms with Crippen molar-refractivity contribution in [3.05, 3.63) is 21.1 Å². The molecule has 0 aromatic heterocycles. The molecule has 1 aromatic carbocycles. The SMILES string of the molecule is COC(=O)[C@](C)(CCCC(F)(F)F)NS(=O)(=O)c1cc(OC)c(Br)cc1Br. The Kier molecular flexibility index (Phi) is 8.15. The Morgan fingerprint density at radius 3 is 2.22 bits per heavy atom. The van der Waals surface area contributed by atoms with Crippen molar-refractivity contribution in [3.63, 3.8) is 0 Å². The maximum Gasteiger partial charge on any atom is 0.389 e. The second-order valence-corrected chi connectivity index (χ2v) is 9.17. The number of carbonyl (C=O) groups is 1. The highest BCUT2D eigenvalue weighted by atomic mass is 79.9. The summed E-state index contributed by atoms with van der Waals surface area (Å²) in [6.45, 7) is 1.18. The molecule has 1 N–H and O–H groups in total. The van der Waals surface area contributed by atoms with E-state index in [-0.39, 0.29) is 15.1 Å². The zero-order valence-corrected chi connectivity index (χ0v) is 18.6. The Morgan fingerprint density at radius 2 is 1.74 bits per heavy atom. The second-order valence-electron chi connectivity index (χ2n) is 5.82. The van der Waals surface area contributed by atoms with Crippen LogP contribution in [0.5, 0.6) is 5.75 Å². The number of halogens is 5. The van der Waals surface area contributed by atoms with E-state index in [1.807, 2.05) is 0 Å². The van der Waals surface area contributed by atoms with Gasteiger partial charge in [-0.15, -0.1) is 0 Å². The van der Waals surface area contributed by atoms with Crippen molar-refractivity contribution < 1.29 is 35.9 Å². The van der Waals surface area contributed by atoms with Crippen molar-refractivity contribution in [2.75, 3.05) is 14.2 Å². The zero-order chi connectivity index (χ0) is 21.0. The number of hydrogen-bond acceptors (Lipinski definition) is 5. The van der Waals surface area contributed by atoms with E-state index in [1.54, 1.807) is 0 Å². The van der Waals surface area contributed by atoms with Crippen LogP contribution in [0.25, 0.3) is 0 Å². The third-order valence-corrected chi connectivity index (χ3v) is 6.80. The van der Waals surface area contributed by atoms with Gasteiger partial charge in [0.2, 0.25) is 10.0 Å². The Balaban J connectivity index is 3.22. The number of esters is 1. The van der Waals surface area contributed by atoms with Crippen molar-refractivity contribution in [2.24, 2.45) is 0 Å². The fourth-order valence-corrected chi connectivity index (χ4v) is 5.55. The van der Waals surface area contributed by atoms with Crippen LogP contribution in [0.1, 0.15) is 26.2 Å². The minimum Gasteiger partial charge on any atom is -0.496 e. The van der Waals surface area contributed by atoms with Crippen LogP contribution >= 0.6 is 31.9 Å². The highest BCUT2D eigenvalue weighted by Gasteiger charge is 2.40. The van der Waals surface area contributed by atoms with Crippen LogP contribution < -0.4 is 9.46 Å². The number of hydrogen-bond donors (Lipinski definition) is 1. The first-order valence-electron chi connectivity index (χ1n) is 7.48. The molecule has 1 atom stereocenters. The van der Waals surface area contributed by atoms with Crippen LogP contribution in [0.2, 0.25) is 0 Å². The molecule has 0 unspecified atom stereocenters. The third-order valence-electron chi connectivity index (χ3n) is 3.63. The number of ether oxygens (including phenoxy) is 2. The molecule has 0 amide bonds.